The Bertz CT molecular complexity index is 508. The highest BCUT2D eigenvalue weighted by molar-refractivity contribution is 8.00. The van der Waals surface area contributed by atoms with Crippen LogP contribution in [0.5, 0.6) is 0 Å². The summed E-state index contributed by atoms with van der Waals surface area (Å²) in [7, 11) is 0. The first-order chi connectivity index (χ1) is 10.2. The largest absolute Gasteiger partial charge is 0.396 e. The lowest BCUT2D eigenvalue weighted by Crippen LogP contribution is -2.45. The van der Waals surface area contributed by atoms with Gasteiger partial charge in [0.1, 0.15) is 5.82 Å². The van der Waals surface area contributed by atoms with E-state index in [0.29, 0.717) is 17.6 Å². The Morgan fingerprint density at radius 1 is 1.29 bits per heavy atom. The number of aliphatic hydroxyl groups is 1. The number of benzene rings is 1. The van der Waals surface area contributed by atoms with Gasteiger partial charge >= 0.3 is 0 Å². The van der Waals surface area contributed by atoms with Gasteiger partial charge in [-0.2, -0.15) is 0 Å². The minimum Gasteiger partial charge on any atom is -0.396 e. The number of aliphatic hydroxyl groups excluding tert-OH is 1. The van der Waals surface area contributed by atoms with E-state index in [1.54, 1.807) is 12.1 Å². The summed E-state index contributed by atoms with van der Waals surface area (Å²) in [5.74, 6) is 1.40. The molecule has 2 bridgehead atoms. The number of carbonyl (C=O) groups excluding carboxylic acids is 1. The van der Waals surface area contributed by atoms with Crippen LogP contribution in [0.2, 0.25) is 0 Å². The number of fused-ring (bicyclic) bond motifs is 2. The van der Waals surface area contributed by atoms with E-state index in [-0.39, 0.29) is 30.3 Å². The average Bonchev–Trinajstić information content (AvgIpc) is 3.07. The van der Waals surface area contributed by atoms with Crippen molar-refractivity contribution >= 4 is 17.7 Å². The second-order valence-electron chi connectivity index (χ2n) is 6.02. The van der Waals surface area contributed by atoms with Crippen molar-refractivity contribution in [2.24, 2.45) is 17.8 Å². The first kappa shape index (κ1) is 14.9. The lowest BCUT2D eigenvalue weighted by atomic mass is 9.85. The SMILES string of the molecule is O=C(CSc1ccc(F)cc1)NC1C2CCC(C2)C1CO. The first-order valence-corrected chi connectivity index (χ1v) is 8.44. The zero-order valence-corrected chi connectivity index (χ0v) is 12.6. The van der Waals surface area contributed by atoms with E-state index < -0.39 is 0 Å². The molecule has 114 valence electrons. The van der Waals surface area contributed by atoms with Crippen molar-refractivity contribution < 1.29 is 14.3 Å². The molecule has 0 aliphatic heterocycles. The molecular formula is C16H20FNO2S. The number of hydrogen-bond acceptors (Lipinski definition) is 3. The molecule has 3 rings (SSSR count). The smallest absolute Gasteiger partial charge is 0.230 e. The van der Waals surface area contributed by atoms with Gasteiger partial charge in [-0.25, -0.2) is 4.39 Å². The Morgan fingerprint density at radius 3 is 2.71 bits per heavy atom. The van der Waals surface area contributed by atoms with Crippen LogP contribution in [-0.2, 0) is 4.79 Å². The van der Waals surface area contributed by atoms with Crippen LogP contribution in [-0.4, -0.2) is 29.4 Å². The van der Waals surface area contributed by atoms with Gasteiger partial charge in [-0.15, -0.1) is 11.8 Å². The fourth-order valence-corrected chi connectivity index (χ4v) is 4.51. The number of carbonyl (C=O) groups is 1. The molecule has 0 heterocycles. The van der Waals surface area contributed by atoms with Crippen molar-refractivity contribution in [2.45, 2.75) is 30.2 Å². The van der Waals surface area contributed by atoms with E-state index in [1.807, 2.05) is 0 Å². The van der Waals surface area contributed by atoms with E-state index in [2.05, 4.69) is 5.32 Å². The summed E-state index contributed by atoms with van der Waals surface area (Å²) in [5.41, 5.74) is 0. The van der Waals surface area contributed by atoms with Crippen LogP contribution in [0.1, 0.15) is 19.3 Å². The Kier molecular flexibility index (Phi) is 4.50. The molecular weight excluding hydrogens is 289 g/mol. The third-order valence-corrected chi connectivity index (χ3v) is 5.82. The fourth-order valence-electron chi connectivity index (χ4n) is 3.81. The van der Waals surface area contributed by atoms with Gasteiger partial charge < -0.3 is 10.4 Å². The number of hydrogen-bond donors (Lipinski definition) is 2. The second kappa shape index (κ2) is 6.36. The lowest BCUT2D eigenvalue weighted by molar-refractivity contribution is -0.120. The highest BCUT2D eigenvalue weighted by atomic mass is 32.2. The maximum atomic E-state index is 12.8. The Morgan fingerprint density at radius 2 is 2.00 bits per heavy atom. The standard InChI is InChI=1S/C16H20FNO2S/c17-12-3-5-13(6-4-12)21-9-15(20)18-16-11-2-1-10(7-11)14(16)8-19/h3-6,10-11,14,16,19H,1-2,7-9H2,(H,18,20). The number of halogens is 1. The van der Waals surface area contributed by atoms with E-state index in [0.717, 1.165) is 17.7 Å². The summed E-state index contributed by atoms with van der Waals surface area (Å²) in [4.78, 5) is 13.0. The monoisotopic (exact) mass is 309 g/mol. The van der Waals surface area contributed by atoms with Crippen LogP contribution in [0.15, 0.2) is 29.2 Å². The molecule has 21 heavy (non-hydrogen) atoms. The Balaban J connectivity index is 1.51. The Hall–Kier alpha value is -1.07. The minimum absolute atomic E-state index is 0.000301. The quantitative estimate of drug-likeness (QED) is 0.821. The van der Waals surface area contributed by atoms with Crippen molar-refractivity contribution in [1.82, 2.24) is 5.32 Å². The van der Waals surface area contributed by atoms with E-state index in [1.165, 1.54) is 30.3 Å². The lowest BCUT2D eigenvalue weighted by Gasteiger charge is -2.30. The normalized spacial score (nSPS) is 30.6. The summed E-state index contributed by atoms with van der Waals surface area (Å²) >= 11 is 1.41. The van der Waals surface area contributed by atoms with Gasteiger partial charge in [0.05, 0.1) is 5.75 Å². The van der Waals surface area contributed by atoms with Crippen LogP contribution in [0, 0.1) is 23.6 Å². The predicted molar refractivity (Wildman–Crippen MR) is 80.5 cm³/mol. The Labute approximate surface area is 128 Å². The zero-order valence-electron chi connectivity index (χ0n) is 11.8. The van der Waals surface area contributed by atoms with Gasteiger partial charge in [0.2, 0.25) is 5.91 Å². The van der Waals surface area contributed by atoms with Crippen molar-refractivity contribution in [3.63, 3.8) is 0 Å². The molecule has 2 aliphatic carbocycles. The van der Waals surface area contributed by atoms with Crippen LogP contribution in [0.3, 0.4) is 0 Å². The summed E-state index contributed by atoms with van der Waals surface area (Å²) in [6.45, 7) is 0.164. The number of thioether (sulfide) groups is 1. The van der Waals surface area contributed by atoms with Gasteiger partial charge in [0.25, 0.3) is 0 Å². The van der Waals surface area contributed by atoms with Crippen LogP contribution in [0.25, 0.3) is 0 Å². The van der Waals surface area contributed by atoms with E-state index >= 15 is 0 Å². The molecule has 4 atom stereocenters. The molecule has 0 radical (unpaired) electrons. The first-order valence-electron chi connectivity index (χ1n) is 7.46. The number of rotatable bonds is 5. The van der Waals surface area contributed by atoms with Crippen molar-refractivity contribution in [3.05, 3.63) is 30.1 Å². The van der Waals surface area contributed by atoms with Gasteiger partial charge in [-0.05, 0) is 55.4 Å². The zero-order chi connectivity index (χ0) is 14.8. The third-order valence-electron chi connectivity index (χ3n) is 4.81. The molecule has 2 saturated carbocycles. The molecule has 0 saturated heterocycles. The summed E-state index contributed by atoms with van der Waals surface area (Å²) in [6.07, 6.45) is 3.49. The van der Waals surface area contributed by atoms with Crippen molar-refractivity contribution in [2.75, 3.05) is 12.4 Å². The number of amides is 1. The van der Waals surface area contributed by atoms with Gasteiger partial charge in [0, 0.05) is 23.5 Å². The van der Waals surface area contributed by atoms with Crippen LogP contribution < -0.4 is 5.32 Å². The van der Waals surface area contributed by atoms with Crippen molar-refractivity contribution in [1.29, 1.82) is 0 Å². The molecule has 2 fully saturated rings. The molecule has 0 spiro atoms. The van der Waals surface area contributed by atoms with E-state index in [9.17, 15) is 14.3 Å². The van der Waals surface area contributed by atoms with Gasteiger partial charge in [-0.3, -0.25) is 4.79 Å². The summed E-state index contributed by atoms with van der Waals surface area (Å²) in [6, 6.07) is 6.30. The van der Waals surface area contributed by atoms with Crippen LogP contribution >= 0.6 is 11.8 Å². The minimum atomic E-state index is -0.267. The van der Waals surface area contributed by atoms with Crippen molar-refractivity contribution in [3.8, 4) is 0 Å². The third kappa shape index (κ3) is 3.24. The molecule has 1 aromatic rings. The summed E-state index contributed by atoms with van der Waals surface area (Å²) < 4.78 is 12.8. The molecule has 3 nitrogen and oxygen atoms in total. The van der Waals surface area contributed by atoms with E-state index in [4.69, 9.17) is 0 Å². The maximum Gasteiger partial charge on any atom is 0.230 e. The molecule has 1 amide bonds. The van der Waals surface area contributed by atoms with Crippen LogP contribution in [0.4, 0.5) is 4.39 Å². The highest BCUT2D eigenvalue weighted by Crippen LogP contribution is 2.48. The molecule has 5 heteroatoms. The molecule has 0 aromatic heterocycles. The number of nitrogens with one attached hydrogen (secondary N) is 1. The van der Waals surface area contributed by atoms with Gasteiger partial charge in [-0.1, -0.05) is 0 Å². The molecule has 2 N–H and O–H groups in total. The predicted octanol–water partition coefficient (Wildman–Crippen LogP) is 2.44. The maximum absolute atomic E-state index is 12.8. The molecule has 1 aromatic carbocycles. The molecule has 4 unspecified atom stereocenters. The molecule has 2 aliphatic rings. The highest BCUT2D eigenvalue weighted by Gasteiger charge is 2.47. The van der Waals surface area contributed by atoms with Gasteiger partial charge in [0.15, 0.2) is 0 Å². The topological polar surface area (TPSA) is 49.3 Å². The average molecular weight is 309 g/mol. The second-order valence-corrected chi connectivity index (χ2v) is 7.06. The fraction of sp³-hybridized carbons (Fsp3) is 0.562. The summed E-state index contributed by atoms with van der Waals surface area (Å²) in [5, 5.41) is 12.6.